The molecule has 4 atom stereocenters. The van der Waals surface area contributed by atoms with Gasteiger partial charge in [-0.1, -0.05) is 6.92 Å². The average molecular weight is 204 g/mol. The molecule has 0 aromatic rings. The van der Waals surface area contributed by atoms with Gasteiger partial charge in [-0.05, 0) is 13.8 Å². The zero-order valence-electron chi connectivity index (χ0n) is 9.01. The Morgan fingerprint density at radius 3 is 2.57 bits per heavy atom. The maximum Gasteiger partial charge on any atom is 0.112 e. The van der Waals surface area contributed by atoms with E-state index in [9.17, 15) is 10.2 Å². The predicted octanol–water partition coefficient (Wildman–Crippen LogP) is 0.168. The van der Waals surface area contributed by atoms with Gasteiger partial charge in [-0.25, -0.2) is 0 Å². The van der Waals surface area contributed by atoms with Crippen molar-refractivity contribution in [3.63, 3.8) is 0 Å². The van der Waals surface area contributed by atoms with Crippen molar-refractivity contribution in [2.75, 3.05) is 13.2 Å². The lowest BCUT2D eigenvalue weighted by atomic mass is 10.0. The molecule has 1 saturated heterocycles. The molecule has 84 valence electrons. The average Bonchev–Trinajstić information content (AvgIpc) is 2.44. The van der Waals surface area contributed by atoms with Gasteiger partial charge in [-0.2, -0.15) is 0 Å². The molecule has 4 nitrogen and oxygen atoms in total. The summed E-state index contributed by atoms with van der Waals surface area (Å²) in [6, 6.07) is 0. The molecule has 1 aliphatic heterocycles. The minimum Gasteiger partial charge on any atom is -0.390 e. The molecule has 4 unspecified atom stereocenters. The number of aliphatic hydroxyl groups excluding tert-OH is 2. The van der Waals surface area contributed by atoms with Gasteiger partial charge in [-0.15, -0.1) is 0 Å². The fraction of sp³-hybridized carbons (Fsp3) is 1.00. The van der Waals surface area contributed by atoms with E-state index in [1.807, 2.05) is 20.8 Å². The highest BCUT2D eigenvalue weighted by Gasteiger charge is 2.37. The molecule has 1 rings (SSSR count). The fourth-order valence-corrected chi connectivity index (χ4v) is 1.51. The first-order valence-corrected chi connectivity index (χ1v) is 5.11. The molecule has 0 aromatic heterocycles. The van der Waals surface area contributed by atoms with Crippen LogP contribution in [0.5, 0.6) is 0 Å². The molecular formula is C10H20O4. The standard InChI is InChI=1S/C10H20O4/c1-6(2)13-5-8(11)10-9(12)7(3)4-14-10/h6-12H,4-5H2,1-3H3. The molecular weight excluding hydrogens is 184 g/mol. The van der Waals surface area contributed by atoms with Crippen LogP contribution in [0.3, 0.4) is 0 Å². The van der Waals surface area contributed by atoms with Crippen LogP contribution in [0.2, 0.25) is 0 Å². The maximum atomic E-state index is 9.68. The number of rotatable bonds is 4. The molecule has 0 aliphatic carbocycles. The van der Waals surface area contributed by atoms with E-state index >= 15 is 0 Å². The molecule has 1 aliphatic rings. The Kier molecular flexibility index (Phi) is 4.31. The van der Waals surface area contributed by atoms with E-state index in [4.69, 9.17) is 9.47 Å². The SMILES string of the molecule is CC(C)OCC(O)C1OCC(C)C1O. The summed E-state index contributed by atoms with van der Waals surface area (Å²) >= 11 is 0. The second-order valence-corrected chi connectivity index (χ2v) is 4.22. The van der Waals surface area contributed by atoms with Gasteiger partial charge >= 0.3 is 0 Å². The topological polar surface area (TPSA) is 58.9 Å². The van der Waals surface area contributed by atoms with Crippen molar-refractivity contribution < 1.29 is 19.7 Å². The Labute approximate surface area is 84.8 Å². The third-order valence-electron chi connectivity index (χ3n) is 2.45. The summed E-state index contributed by atoms with van der Waals surface area (Å²) in [7, 11) is 0. The molecule has 0 amide bonds. The lowest BCUT2D eigenvalue weighted by Crippen LogP contribution is -2.39. The highest BCUT2D eigenvalue weighted by molar-refractivity contribution is 4.85. The van der Waals surface area contributed by atoms with Crippen LogP contribution in [0, 0.1) is 5.92 Å². The van der Waals surface area contributed by atoms with Gasteiger partial charge in [0.05, 0.1) is 25.4 Å². The third-order valence-corrected chi connectivity index (χ3v) is 2.45. The molecule has 0 saturated carbocycles. The lowest BCUT2D eigenvalue weighted by molar-refractivity contribution is -0.0876. The van der Waals surface area contributed by atoms with Crippen LogP contribution in [0.25, 0.3) is 0 Å². The van der Waals surface area contributed by atoms with E-state index in [1.165, 1.54) is 0 Å². The summed E-state index contributed by atoms with van der Waals surface area (Å²) in [5.41, 5.74) is 0. The molecule has 0 spiro atoms. The number of hydrogen-bond acceptors (Lipinski definition) is 4. The molecule has 14 heavy (non-hydrogen) atoms. The predicted molar refractivity (Wildman–Crippen MR) is 52.0 cm³/mol. The van der Waals surface area contributed by atoms with E-state index < -0.39 is 18.3 Å². The molecule has 0 radical (unpaired) electrons. The van der Waals surface area contributed by atoms with E-state index in [-0.39, 0.29) is 18.6 Å². The van der Waals surface area contributed by atoms with Crippen molar-refractivity contribution in [2.45, 2.75) is 45.2 Å². The Morgan fingerprint density at radius 2 is 2.14 bits per heavy atom. The van der Waals surface area contributed by atoms with Gasteiger partial charge < -0.3 is 19.7 Å². The van der Waals surface area contributed by atoms with Gasteiger partial charge in [-0.3, -0.25) is 0 Å². The first-order valence-electron chi connectivity index (χ1n) is 5.11. The number of hydrogen-bond donors (Lipinski definition) is 2. The highest BCUT2D eigenvalue weighted by Crippen LogP contribution is 2.22. The normalized spacial score (nSPS) is 35.1. The summed E-state index contributed by atoms with van der Waals surface area (Å²) in [5.74, 6) is 0.0914. The smallest absolute Gasteiger partial charge is 0.112 e. The fourth-order valence-electron chi connectivity index (χ4n) is 1.51. The van der Waals surface area contributed by atoms with Gasteiger partial charge in [0.2, 0.25) is 0 Å². The highest BCUT2D eigenvalue weighted by atomic mass is 16.5. The van der Waals surface area contributed by atoms with Crippen molar-refractivity contribution >= 4 is 0 Å². The Bertz CT molecular complexity index is 172. The van der Waals surface area contributed by atoms with Crippen LogP contribution in [0.15, 0.2) is 0 Å². The number of aliphatic hydroxyl groups is 2. The molecule has 1 fully saturated rings. The van der Waals surface area contributed by atoms with E-state index in [1.54, 1.807) is 0 Å². The summed E-state index contributed by atoms with van der Waals surface area (Å²) in [6.45, 7) is 6.43. The summed E-state index contributed by atoms with van der Waals surface area (Å²) < 4.78 is 10.6. The zero-order chi connectivity index (χ0) is 10.7. The van der Waals surface area contributed by atoms with Crippen molar-refractivity contribution in [3.05, 3.63) is 0 Å². The largest absolute Gasteiger partial charge is 0.390 e. The lowest BCUT2D eigenvalue weighted by Gasteiger charge is -2.22. The van der Waals surface area contributed by atoms with Crippen LogP contribution in [-0.2, 0) is 9.47 Å². The first-order chi connectivity index (χ1) is 6.52. The second-order valence-electron chi connectivity index (χ2n) is 4.22. The Morgan fingerprint density at radius 1 is 1.50 bits per heavy atom. The zero-order valence-corrected chi connectivity index (χ0v) is 9.01. The van der Waals surface area contributed by atoms with Gasteiger partial charge in [0.1, 0.15) is 12.2 Å². The van der Waals surface area contributed by atoms with E-state index in [2.05, 4.69) is 0 Å². The van der Waals surface area contributed by atoms with E-state index in [0.29, 0.717) is 6.61 Å². The van der Waals surface area contributed by atoms with Gasteiger partial charge in [0.15, 0.2) is 0 Å². The Balaban J connectivity index is 2.33. The molecule has 0 bridgehead atoms. The van der Waals surface area contributed by atoms with Crippen molar-refractivity contribution in [1.82, 2.24) is 0 Å². The van der Waals surface area contributed by atoms with Crippen molar-refractivity contribution in [1.29, 1.82) is 0 Å². The molecule has 1 heterocycles. The van der Waals surface area contributed by atoms with Crippen molar-refractivity contribution in [3.8, 4) is 0 Å². The van der Waals surface area contributed by atoms with Crippen molar-refractivity contribution in [2.24, 2.45) is 5.92 Å². The van der Waals surface area contributed by atoms with Crippen LogP contribution in [0.1, 0.15) is 20.8 Å². The summed E-state index contributed by atoms with van der Waals surface area (Å²) in [6.07, 6.45) is -1.73. The maximum absolute atomic E-state index is 9.68. The monoisotopic (exact) mass is 204 g/mol. The second kappa shape index (κ2) is 5.07. The van der Waals surface area contributed by atoms with Crippen LogP contribution in [-0.4, -0.2) is 47.8 Å². The molecule has 4 heteroatoms. The van der Waals surface area contributed by atoms with Crippen LogP contribution >= 0.6 is 0 Å². The molecule has 2 N–H and O–H groups in total. The van der Waals surface area contributed by atoms with Crippen LogP contribution < -0.4 is 0 Å². The van der Waals surface area contributed by atoms with Crippen LogP contribution in [0.4, 0.5) is 0 Å². The summed E-state index contributed by atoms with van der Waals surface area (Å²) in [5, 5.41) is 19.3. The Hall–Kier alpha value is -0.160. The minimum atomic E-state index is -0.739. The third kappa shape index (κ3) is 2.92. The van der Waals surface area contributed by atoms with Gasteiger partial charge in [0.25, 0.3) is 0 Å². The number of ether oxygens (including phenoxy) is 2. The van der Waals surface area contributed by atoms with Gasteiger partial charge in [0, 0.05) is 5.92 Å². The summed E-state index contributed by atoms with van der Waals surface area (Å²) in [4.78, 5) is 0. The van der Waals surface area contributed by atoms with E-state index in [0.717, 1.165) is 0 Å². The minimum absolute atomic E-state index is 0.0839. The quantitative estimate of drug-likeness (QED) is 0.685. The molecule has 0 aromatic carbocycles. The first kappa shape index (κ1) is 11.9.